The summed E-state index contributed by atoms with van der Waals surface area (Å²) >= 11 is 1.29. The van der Waals surface area contributed by atoms with Crippen molar-refractivity contribution in [1.82, 2.24) is 0 Å². The van der Waals surface area contributed by atoms with E-state index in [9.17, 15) is 4.79 Å². The highest BCUT2D eigenvalue weighted by Gasteiger charge is 2.52. The largest absolute Gasteiger partial charge is 0.505 e. The Morgan fingerprint density at radius 2 is 1.83 bits per heavy atom. The number of thiophene rings is 1. The lowest BCUT2D eigenvalue weighted by molar-refractivity contribution is 0.00578. The van der Waals surface area contributed by atoms with Gasteiger partial charge in [0.25, 0.3) is 0 Å². The van der Waals surface area contributed by atoms with Crippen molar-refractivity contribution in [2.75, 3.05) is 13.7 Å². The van der Waals surface area contributed by atoms with Crippen molar-refractivity contribution < 1.29 is 23.6 Å². The fourth-order valence-corrected chi connectivity index (χ4v) is 3.05. The Labute approximate surface area is 142 Å². The molecule has 0 aromatic carbocycles. The van der Waals surface area contributed by atoms with Crippen LogP contribution in [0.5, 0.6) is 5.75 Å². The van der Waals surface area contributed by atoms with Crippen LogP contribution in [-0.2, 0) is 14.0 Å². The SMILES string of the molecule is COC(=O)c1sc(B2OC(C)(C)C(C)(C)O2)cc1OCC(C)C. The molecule has 0 amide bonds. The normalized spacial score (nSPS) is 19.2. The first-order valence-corrected chi connectivity index (χ1v) is 8.59. The maximum Gasteiger partial charge on any atom is 0.505 e. The van der Waals surface area contributed by atoms with Crippen LogP contribution in [0.25, 0.3) is 0 Å². The fourth-order valence-electron chi connectivity index (χ4n) is 2.07. The molecule has 0 unspecified atom stereocenters. The highest BCUT2D eigenvalue weighted by Crippen LogP contribution is 2.38. The number of esters is 1. The number of hydrogen-bond acceptors (Lipinski definition) is 6. The number of rotatable bonds is 5. The van der Waals surface area contributed by atoms with Gasteiger partial charge in [-0.15, -0.1) is 11.3 Å². The highest BCUT2D eigenvalue weighted by molar-refractivity contribution is 7.24. The lowest BCUT2D eigenvalue weighted by Crippen LogP contribution is -2.41. The monoisotopic (exact) mass is 340 g/mol. The number of methoxy groups -OCH3 is 1. The molecule has 2 heterocycles. The molecule has 0 saturated carbocycles. The van der Waals surface area contributed by atoms with E-state index in [-0.39, 0.29) is 0 Å². The van der Waals surface area contributed by atoms with Gasteiger partial charge in [0.05, 0.1) is 24.9 Å². The lowest BCUT2D eigenvalue weighted by Gasteiger charge is -2.32. The van der Waals surface area contributed by atoms with E-state index in [2.05, 4.69) is 13.8 Å². The molecular weight excluding hydrogens is 315 g/mol. The van der Waals surface area contributed by atoms with Gasteiger partial charge >= 0.3 is 13.1 Å². The van der Waals surface area contributed by atoms with Gasteiger partial charge in [0, 0.05) is 4.78 Å². The number of hydrogen-bond donors (Lipinski definition) is 0. The standard InChI is InChI=1S/C16H25BO5S/c1-10(2)9-20-11-8-12(23-13(11)14(18)19-7)17-21-15(3,4)16(5,6)22-17/h8,10H,9H2,1-7H3. The molecule has 1 aliphatic heterocycles. The molecular formula is C16H25BO5S. The molecule has 0 aliphatic carbocycles. The van der Waals surface area contributed by atoms with Crippen molar-refractivity contribution in [3.63, 3.8) is 0 Å². The predicted molar refractivity (Wildman–Crippen MR) is 91.7 cm³/mol. The van der Waals surface area contributed by atoms with E-state index < -0.39 is 24.3 Å². The zero-order valence-corrected chi connectivity index (χ0v) is 15.7. The summed E-state index contributed by atoms with van der Waals surface area (Å²) in [5.41, 5.74) is -0.849. The van der Waals surface area contributed by atoms with Crippen LogP contribution in [0.3, 0.4) is 0 Å². The second-order valence-corrected chi connectivity index (χ2v) is 8.21. The Kier molecular flexibility index (Phi) is 5.13. The molecule has 1 saturated heterocycles. The van der Waals surface area contributed by atoms with Crippen molar-refractivity contribution in [2.45, 2.75) is 52.7 Å². The smallest absolute Gasteiger partial charge is 0.492 e. The summed E-state index contributed by atoms with van der Waals surface area (Å²) in [4.78, 5) is 12.4. The average Bonchev–Trinajstić information content (AvgIpc) is 2.95. The predicted octanol–water partition coefficient (Wildman–Crippen LogP) is 2.87. The third-order valence-electron chi connectivity index (χ3n) is 4.15. The minimum Gasteiger partial charge on any atom is -0.492 e. The van der Waals surface area contributed by atoms with E-state index in [1.165, 1.54) is 18.4 Å². The van der Waals surface area contributed by atoms with Gasteiger partial charge in [0.1, 0.15) is 5.75 Å². The van der Waals surface area contributed by atoms with Gasteiger partial charge < -0.3 is 18.8 Å². The molecule has 0 radical (unpaired) electrons. The van der Waals surface area contributed by atoms with Crippen molar-refractivity contribution in [1.29, 1.82) is 0 Å². The van der Waals surface area contributed by atoms with Gasteiger partial charge in [0.15, 0.2) is 4.88 Å². The molecule has 1 aromatic heterocycles. The van der Waals surface area contributed by atoms with E-state index >= 15 is 0 Å². The molecule has 5 nitrogen and oxygen atoms in total. The Morgan fingerprint density at radius 3 is 2.30 bits per heavy atom. The highest BCUT2D eigenvalue weighted by atomic mass is 32.1. The quantitative estimate of drug-likeness (QED) is 0.609. The molecule has 0 spiro atoms. The number of ether oxygens (including phenoxy) is 2. The Morgan fingerprint density at radius 1 is 1.26 bits per heavy atom. The second-order valence-electron chi connectivity index (χ2n) is 7.13. The van der Waals surface area contributed by atoms with Crippen molar-refractivity contribution in [2.24, 2.45) is 5.92 Å². The van der Waals surface area contributed by atoms with Gasteiger partial charge in [-0.05, 0) is 39.7 Å². The minimum absolute atomic E-state index is 0.362. The van der Waals surface area contributed by atoms with Crippen LogP contribution < -0.4 is 9.51 Å². The van der Waals surface area contributed by atoms with Crippen molar-refractivity contribution in [3.05, 3.63) is 10.9 Å². The third kappa shape index (κ3) is 3.73. The summed E-state index contributed by atoms with van der Waals surface area (Å²) in [6.07, 6.45) is 0. The summed E-state index contributed by atoms with van der Waals surface area (Å²) in [7, 11) is 0.854. The summed E-state index contributed by atoms with van der Waals surface area (Å²) in [5.74, 6) is 0.484. The zero-order chi connectivity index (χ0) is 17.4. The van der Waals surface area contributed by atoms with Gasteiger partial charge in [-0.2, -0.15) is 0 Å². The third-order valence-corrected chi connectivity index (χ3v) is 5.26. The van der Waals surface area contributed by atoms with Crippen LogP contribution in [0, 0.1) is 5.92 Å². The first-order valence-electron chi connectivity index (χ1n) is 7.78. The zero-order valence-electron chi connectivity index (χ0n) is 14.9. The number of carbonyl (C=O) groups is 1. The van der Waals surface area contributed by atoms with E-state index in [4.69, 9.17) is 18.8 Å². The Hall–Kier alpha value is -1.05. The van der Waals surface area contributed by atoms with E-state index in [1.807, 2.05) is 33.8 Å². The summed E-state index contributed by atoms with van der Waals surface area (Å²) < 4.78 is 23.5. The average molecular weight is 340 g/mol. The van der Waals surface area contributed by atoms with Crippen LogP contribution in [0.1, 0.15) is 51.2 Å². The van der Waals surface area contributed by atoms with Crippen molar-refractivity contribution >= 4 is 29.2 Å². The summed E-state index contributed by atoms with van der Waals surface area (Å²) in [6, 6.07) is 1.82. The van der Waals surface area contributed by atoms with E-state index in [1.54, 1.807) is 0 Å². The van der Waals surface area contributed by atoms with Crippen LogP contribution in [0.4, 0.5) is 0 Å². The van der Waals surface area contributed by atoms with Gasteiger partial charge in [-0.1, -0.05) is 13.8 Å². The Balaban J connectivity index is 2.28. The minimum atomic E-state index is -0.509. The van der Waals surface area contributed by atoms with Crippen LogP contribution in [-0.4, -0.2) is 38.0 Å². The van der Waals surface area contributed by atoms with Crippen LogP contribution in [0.15, 0.2) is 6.07 Å². The molecule has 0 bridgehead atoms. The molecule has 0 atom stereocenters. The molecule has 23 heavy (non-hydrogen) atoms. The van der Waals surface area contributed by atoms with E-state index in [0.29, 0.717) is 23.2 Å². The number of carbonyl (C=O) groups excluding carboxylic acids is 1. The maximum absolute atomic E-state index is 12.0. The van der Waals surface area contributed by atoms with Gasteiger partial charge in [-0.25, -0.2) is 4.79 Å². The molecule has 1 fully saturated rings. The maximum atomic E-state index is 12.0. The first-order chi connectivity index (χ1) is 10.6. The summed E-state index contributed by atoms with van der Waals surface area (Å²) in [5, 5.41) is 0. The van der Waals surface area contributed by atoms with Crippen LogP contribution in [0.2, 0.25) is 0 Å². The molecule has 1 aliphatic rings. The first kappa shape index (κ1) is 18.3. The molecule has 128 valence electrons. The molecule has 7 heteroatoms. The van der Waals surface area contributed by atoms with Gasteiger partial charge in [-0.3, -0.25) is 0 Å². The lowest BCUT2D eigenvalue weighted by atomic mass is 9.88. The second kappa shape index (κ2) is 6.45. The van der Waals surface area contributed by atoms with Crippen molar-refractivity contribution in [3.8, 4) is 5.75 Å². The Bertz CT molecular complexity index is 563. The van der Waals surface area contributed by atoms with E-state index in [0.717, 1.165) is 4.78 Å². The van der Waals surface area contributed by atoms with Crippen LogP contribution >= 0.6 is 11.3 Å². The molecule has 1 aromatic rings. The topological polar surface area (TPSA) is 54.0 Å². The van der Waals surface area contributed by atoms with Gasteiger partial charge in [0.2, 0.25) is 0 Å². The summed E-state index contributed by atoms with van der Waals surface area (Å²) in [6.45, 7) is 12.6. The molecule has 2 rings (SSSR count). The molecule has 0 N–H and O–H groups in total. The fraction of sp³-hybridized carbons (Fsp3) is 0.688.